The number of carbonyl (C=O) groups is 1. The Bertz CT molecular complexity index is 767. The summed E-state index contributed by atoms with van der Waals surface area (Å²) in [4.78, 5) is 14.1. The standard InChI is InChI=1S/C15H8F3NO2/c16-15(17,18)14(21)19-13-11-7-8-3-1-2-4-9(8)10(11)5-6-12(13)20/h1-7,20H. The highest BCUT2D eigenvalue weighted by atomic mass is 19.4. The predicted octanol–water partition coefficient (Wildman–Crippen LogP) is 3.45. The molecule has 0 spiro atoms. The molecule has 0 radical (unpaired) electrons. The van der Waals surface area contributed by atoms with Crippen molar-refractivity contribution in [3.63, 3.8) is 0 Å². The van der Waals surface area contributed by atoms with Crippen LogP contribution in [0.4, 0.5) is 13.2 Å². The number of aliphatic hydroxyl groups is 1. The first-order valence-corrected chi connectivity index (χ1v) is 6.01. The molecule has 0 unspecified atom stereocenters. The summed E-state index contributed by atoms with van der Waals surface area (Å²) >= 11 is 0. The number of fused-ring (bicyclic) bond motifs is 3. The van der Waals surface area contributed by atoms with Gasteiger partial charge >= 0.3 is 12.1 Å². The molecule has 0 aromatic heterocycles. The van der Waals surface area contributed by atoms with Gasteiger partial charge in [0.15, 0.2) is 0 Å². The van der Waals surface area contributed by atoms with Crippen LogP contribution >= 0.6 is 0 Å². The number of amides is 1. The molecule has 3 rings (SSSR count). The minimum Gasteiger partial charge on any atom is -0.506 e. The van der Waals surface area contributed by atoms with Crippen molar-refractivity contribution < 1.29 is 23.1 Å². The highest BCUT2D eigenvalue weighted by Gasteiger charge is 2.40. The number of rotatable bonds is 0. The third kappa shape index (κ3) is 2.18. The lowest BCUT2D eigenvalue weighted by molar-refractivity contribution is -0.169. The summed E-state index contributed by atoms with van der Waals surface area (Å²) < 4.78 is 37.0. The Labute approximate surface area is 117 Å². The van der Waals surface area contributed by atoms with E-state index in [1.807, 2.05) is 6.07 Å². The van der Waals surface area contributed by atoms with Crippen molar-refractivity contribution in [2.24, 2.45) is 4.99 Å². The number of aliphatic imine (C=N–C) groups is 1. The molecule has 0 heterocycles. The van der Waals surface area contributed by atoms with E-state index in [2.05, 4.69) is 4.99 Å². The molecule has 21 heavy (non-hydrogen) atoms. The monoisotopic (exact) mass is 291 g/mol. The molecule has 0 fully saturated rings. The van der Waals surface area contributed by atoms with Gasteiger partial charge in [-0.1, -0.05) is 24.3 Å². The highest BCUT2D eigenvalue weighted by Crippen LogP contribution is 2.39. The minimum atomic E-state index is -5.07. The smallest absolute Gasteiger partial charge is 0.473 e. The Balaban J connectivity index is 2.10. The summed E-state index contributed by atoms with van der Waals surface area (Å²) in [5, 5.41) is 9.73. The summed E-state index contributed by atoms with van der Waals surface area (Å²) in [6.45, 7) is 0. The summed E-state index contributed by atoms with van der Waals surface area (Å²) in [7, 11) is 0. The zero-order valence-corrected chi connectivity index (χ0v) is 10.5. The predicted molar refractivity (Wildman–Crippen MR) is 71.6 cm³/mol. The van der Waals surface area contributed by atoms with Gasteiger partial charge in [0, 0.05) is 5.57 Å². The summed E-state index contributed by atoms with van der Waals surface area (Å²) in [6.07, 6.45) is -0.644. The van der Waals surface area contributed by atoms with Gasteiger partial charge in [0.05, 0.1) is 0 Å². The first-order chi connectivity index (χ1) is 9.88. The summed E-state index contributed by atoms with van der Waals surface area (Å²) in [5.74, 6) is -2.70. The van der Waals surface area contributed by atoms with Crippen LogP contribution in [0.25, 0.3) is 11.6 Å². The fourth-order valence-corrected chi connectivity index (χ4v) is 2.28. The van der Waals surface area contributed by atoms with Crippen LogP contribution < -0.4 is 0 Å². The van der Waals surface area contributed by atoms with Crippen LogP contribution in [0.5, 0.6) is 0 Å². The molecule has 1 aromatic carbocycles. The Morgan fingerprint density at radius 1 is 1.10 bits per heavy atom. The number of aliphatic hydroxyl groups excluding tert-OH is 1. The van der Waals surface area contributed by atoms with Gasteiger partial charge in [-0.05, 0) is 34.9 Å². The number of hydrogen-bond donors (Lipinski definition) is 1. The molecule has 2 aliphatic rings. The van der Waals surface area contributed by atoms with Crippen LogP contribution in [0.3, 0.4) is 0 Å². The van der Waals surface area contributed by atoms with E-state index in [1.54, 1.807) is 30.4 Å². The second-order valence-corrected chi connectivity index (χ2v) is 4.54. The molecule has 3 nitrogen and oxygen atoms in total. The fraction of sp³-hybridized carbons (Fsp3) is 0.0667. The van der Waals surface area contributed by atoms with Gasteiger partial charge in [0.2, 0.25) is 0 Å². The zero-order chi connectivity index (χ0) is 15.2. The van der Waals surface area contributed by atoms with Gasteiger partial charge in [0.25, 0.3) is 0 Å². The van der Waals surface area contributed by atoms with Crippen molar-refractivity contribution in [3.05, 3.63) is 58.9 Å². The Morgan fingerprint density at radius 3 is 2.52 bits per heavy atom. The topological polar surface area (TPSA) is 49.7 Å². The molecule has 1 aromatic rings. The average Bonchev–Trinajstić information content (AvgIpc) is 2.79. The van der Waals surface area contributed by atoms with Crippen molar-refractivity contribution in [1.29, 1.82) is 0 Å². The zero-order valence-electron chi connectivity index (χ0n) is 10.5. The van der Waals surface area contributed by atoms with Crippen LogP contribution in [0, 0.1) is 0 Å². The fourth-order valence-electron chi connectivity index (χ4n) is 2.28. The lowest BCUT2D eigenvalue weighted by Crippen LogP contribution is -2.23. The lowest BCUT2D eigenvalue weighted by atomic mass is 9.94. The molecule has 6 heteroatoms. The van der Waals surface area contributed by atoms with Gasteiger partial charge < -0.3 is 5.11 Å². The van der Waals surface area contributed by atoms with E-state index in [4.69, 9.17) is 0 Å². The maximum Gasteiger partial charge on any atom is 0.473 e. The average molecular weight is 291 g/mol. The van der Waals surface area contributed by atoms with E-state index >= 15 is 0 Å². The second kappa shape index (κ2) is 4.44. The molecule has 106 valence electrons. The number of nitrogens with zero attached hydrogens (tertiary/aromatic N) is 1. The van der Waals surface area contributed by atoms with Gasteiger partial charge in [-0.15, -0.1) is 0 Å². The summed E-state index contributed by atoms with van der Waals surface area (Å²) in [6, 6.07) is 7.19. The number of carbonyl (C=O) groups excluding carboxylic acids is 1. The summed E-state index contributed by atoms with van der Waals surface area (Å²) in [5.41, 5.74) is 2.22. The van der Waals surface area contributed by atoms with Gasteiger partial charge in [-0.25, -0.2) is 4.99 Å². The Hall–Kier alpha value is -2.63. The first-order valence-electron chi connectivity index (χ1n) is 6.01. The van der Waals surface area contributed by atoms with E-state index in [0.717, 1.165) is 11.1 Å². The third-order valence-corrected chi connectivity index (χ3v) is 3.20. The molecule has 0 saturated heterocycles. The Morgan fingerprint density at radius 2 is 1.81 bits per heavy atom. The van der Waals surface area contributed by atoms with Crippen molar-refractivity contribution >= 4 is 23.3 Å². The maximum atomic E-state index is 12.3. The van der Waals surface area contributed by atoms with Crippen LogP contribution in [-0.2, 0) is 4.79 Å². The third-order valence-electron chi connectivity index (χ3n) is 3.20. The second-order valence-electron chi connectivity index (χ2n) is 4.54. The van der Waals surface area contributed by atoms with Gasteiger partial charge in [-0.2, -0.15) is 13.2 Å². The van der Waals surface area contributed by atoms with Crippen LogP contribution in [-0.4, -0.2) is 22.9 Å². The van der Waals surface area contributed by atoms with Gasteiger partial charge in [0.1, 0.15) is 11.5 Å². The number of benzene rings is 1. The SMILES string of the molecule is O=C(N=C1C(O)=CC=C2C1=Cc1ccccc12)C(F)(F)F. The first kappa shape index (κ1) is 13.4. The largest absolute Gasteiger partial charge is 0.506 e. The molecule has 1 amide bonds. The highest BCUT2D eigenvalue weighted by molar-refractivity contribution is 6.29. The van der Waals surface area contributed by atoms with Crippen molar-refractivity contribution in [1.82, 2.24) is 0 Å². The number of hydrogen-bond acceptors (Lipinski definition) is 2. The maximum absolute atomic E-state index is 12.3. The lowest BCUT2D eigenvalue weighted by Gasteiger charge is -2.14. The quantitative estimate of drug-likeness (QED) is 0.796. The van der Waals surface area contributed by atoms with Crippen LogP contribution in [0.15, 0.2) is 52.7 Å². The molecule has 0 bridgehead atoms. The molecule has 0 saturated carbocycles. The Kier molecular flexibility index (Phi) is 2.83. The van der Waals surface area contributed by atoms with Crippen molar-refractivity contribution in [2.45, 2.75) is 6.18 Å². The molecule has 0 aliphatic heterocycles. The van der Waals surface area contributed by atoms with E-state index in [-0.39, 0.29) is 5.71 Å². The minimum absolute atomic E-state index is 0.314. The van der Waals surface area contributed by atoms with E-state index < -0.39 is 17.8 Å². The van der Waals surface area contributed by atoms with Gasteiger partial charge in [-0.3, -0.25) is 4.79 Å². The molecular formula is C15H8F3NO2. The number of alkyl halides is 3. The normalized spacial score (nSPS) is 18.6. The molecule has 2 aliphatic carbocycles. The molecule has 0 atom stereocenters. The van der Waals surface area contributed by atoms with E-state index in [9.17, 15) is 23.1 Å². The number of halogens is 3. The molecular weight excluding hydrogens is 283 g/mol. The molecule has 1 N–H and O–H groups in total. The van der Waals surface area contributed by atoms with Crippen molar-refractivity contribution in [3.8, 4) is 0 Å². The van der Waals surface area contributed by atoms with E-state index in [0.29, 0.717) is 11.1 Å². The number of allylic oxidation sites excluding steroid dienone is 4. The van der Waals surface area contributed by atoms with Crippen molar-refractivity contribution in [2.75, 3.05) is 0 Å². The van der Waals surface area contributed by atoms with Crippen LogP contribution in [0.2, 0.25) is 0 Å². The van der Waals surface area contributed by atoms with Crippen LogP contribution in [0.1, 0.15) is 11.1 Å². The van der Waals surface area contributed by atoms with E-state index in [1.165, 1.54) is 6.08 Å².